The van der Waals surface area contributed by atoms with Gasteiger partial charge in [-0.05, 0) is 42.5 Å². The van der Waals surface area contributed by atoms with Crippen molar-refractivity contribution in [3.05, 3.63) is 29.6 Å². The predicted molar refractivity (Wildman–Crippen MR) is 82.5 cm³/mol. The zero-order chi connectivity index (χ0) is 15.2. The van der Waals surface area contributed by atoms with E-state index in [1.807, 2.05) is 0 Å². The van der Waals surface area contributed by atoms with Crippen molar-refractivity contribution in [2.45, 2.75) is 47.6 Å². The first-order chi connectivity index (χ1) is 9.28. The van der Waals surface area contributed by atoms with Gasteiger partial charge in [-0.1, -0.05) is 34.6 Å². The lowest BCUT2D eigenvalue weighted by atomic mass is 9.93. The molecular weight excluding hydrogens is 253 g/mol. The van der Waals surface area contributed by atoms with E-state index < -0.39 is 0 Å². The predicted octanol–water partition coefficient (Wildman–Crippen LogP) is 4.39. The molecule has 0 amide bonds. The molecule has 0 fully saturated rings. The van der Waals surface area contributed by atoms with Gasteiger partial charge in [0, 0.05) is 12.1 Å². The molecule has 0 heterocycles. The SMILES string of the molecule is CC(C)CNCc1cc(F)ccc1OCCC(C)(C)C. The topological polar surface area (TPSA) is 21.3 Å². The van der Waals surface area contributed by atoms with Crippen LogP contribution in [0, 0.1) is 17.2 Å². The molecule has 0 aromatic heterocycles. The van der Waals surface area contributed by atoms with Crippen LogP contribution in [0.3, 0.4) is 0 Å². The van der Waals surface area contributed by atoms with Crippen molar-refractivity contribution in [3.8, 4) is 5.75 Å². The van der Waals surface area contributed by atoms with E-state index in [1.54, 1.807) is 12.1 Å². The normalized spacial score (nSPS) is 11.9. The van der Waals surface area contributed by atoms with Gasteiger partial charge < -0.3 is 10.1 Å². The second-order valence-electron chi connectivity index (χ2n) is 6.94. The van der Waals surface area contributed by atoms with Crippen molar-refractivity contribution >= 4 is 0 Å². The molecule has 20 heavy (non-hydrogen) atoms. The largest absolute Gasteiger partial charge is 0.493 e. The molecule has 0 radical (unpaired) electrons. The highest BCUT2D eigenvalue weighted by Gasteiger charge is 2.11. The molecule has 0 atom stereocenters. The lowest BCUT2D eigenvalue weighted by molar-refractivity contribution is 0.240. The summed E-state index contributed by atoms with van der Waals surface area (Å²) in [5, 5.41) is 3.33. The molecule has 114 valence electrons. The maximum atomic E-state index is 13.4. The molecule has 0 unspecified atom stereocenters. The van der Waals surface area contributed by atoms with E-state index in [4.69, 9.17) is 4.74 Å². The second kappa shape index (κ2) is 7.63. The average molecular weight is 281 g/mol. The number of rotatable bonds is 7. The highest BCUT2D eigenvalue weighted by Crippen LogP contribution is 2.23. The number of hydrogen-bond donors (Lipinski definition) is 1. The van der Waals surface area contributed by atoms with Crippen LogP contribution in [0.5, 0.6) is 5.75 Å². The molecular formula is C17H28FNO. The van der Waals surface area contributed by atoms with Crippen molar-refractivity contribution in [2.24, 2.45) is 11.3 Å². The Morgan fingerprint density at radius 1 is 1.25 bits per heavy atom. The summed E-state index contributed by atoms with van der Waals surface area (Å²) in [6, 6.07) is 4.74. The molecule has 0 bridgehead atoms. The summed E-state index contributed by atoms with van der Waals surface area (Å²) in [5.74, 6) is 1.15. The van der Waals surface area contributed by atoms with Gasteiger partial charge in [0.05, 0.1) is 6.61 Å². The van der Waals surface area contributed by atoms with Crippen LogP contribution in [0.4, 0.5) is 4.39 Å². The van der Waals surface area contributed by atoms with E-state index in [2.05, 4.69) is 39.9 Å². The van der Waals surface area contributed by atoms with Crippen LogP contribution >= 0.6 is 0 Å². The summed E-state index contributed by atoms with van der Waals surface area (Å²) < 4.78 is 19.2. The van der Waals surface area contributed by atoms with Gasteiger partial charge in [-0.3, -0.25) is 0 Å². The fourth-order valence-corrected chi connectivity index (χ4v) is 1.79. The van der Waals surface area contributed by atoms with Crippen LogP contribution in [0.25, 0.3) is 0 Å². The minimum Gasteiger partial charge on any atom is -0.493 e. The van der Waals surface area contributed by atoms with Gasteiger partial charge in [0.15, 0.2) is 0 Å². The molecule has 1 aromatic rings. The van der Waals surface area contributed by atoms with Crippen molar-refractivity contribution in [2.75, 3.05) is 13.2 Å². The zero-order valence-electron chi connectivity index (χ0n) is 13.4. The highest BCUT2D eigenvalue weighted by atomic mass is 19.1. The first-order valence-corrected chi connectivity index (χ1v) is 7.40. The third kappa shape index (κ3) is 6.90. The smallest absolute Gasteiger partial charge is 0.123 e. The van der Waals surface area contributed by atoms with Gasteiger partial charge in [0.1, 0.15) is 11.6 Å². The van der Waals surface area contributed by atoms with Gasteiger partial charge in [-0.15, -0.1) is 0 Å². The molecule has 0 aliphatic heterocycles. The number of nitrogens with one attached hydrogen (secondary N) is 1. The molecule has 2 nitrogen and oxygen atoms in total. The van der Waals surface area contributed by atoms with Crippen molar-refractivity contribution in [3.63, 3.8) is 0 Å². The fraction of sp³-hybridized carbons (Fsp3) is 0.647. The quantitative estimate of drug-likeness (QED) is 0.800. The lowest BCUT2D eigenvalue weighted by Crippen LogP contribution is -2.20. The average Bonchev–Trinajstić information content (AvgIpc) is 2.30. The van der Waals surface area contributed by atoms with Crippen LogP contribution in [0.2, 0.25) is 0 Å². The van der Waals surface area contributed by atoms with E-state index in [0.29, 0.717) is 19.1 Å². The van der Waals surface area contributed by atoms with Crippen molar-refractivity contribution < 1.29 is 9.13 Å². The third-order valence-electron chi connectivity index (χ3n) is 3.00. The molecule has 3 heteroatoms. The van der Waals surface area contributed by atoms with Gasteiger partial charge in [-0.25, -0.2) is 4.39 Å². The minimum absolute atomic E-state index is 0.213. The van der Waals surface area contributed by atoms with E-state index >= 15 is 0 Å². The van der Waals surface area contributed by atoms with Gasteiger partial charge in [0.25, 0.3) is 0 Å². The van der Waals surface area contributed by atoms with E-state index in [0.717, 1.165) is 24.3 Å². The zero-order valence-corrected chi connectivity index (χ0v) is 13.4. The van der Waals surface area contributed by atoms with Crippen LogP contribution in [0.15, 0.2) is 18.2 Å². The highest BCUT2D eigenvalue weighted by molar-refractivity contribution is 5.33. The molecule has 0 aliphatic rings. The Bertz CT molecular complexity index is 410. The molecule has 0 saturated carbocycles. The lowest BCUT2D eigenvalue weighted by Gasteiger charge is -2.19. The van der Waals surface area contributed by atoms with E-state index in [-0.39, 0.29) is 11.2 Å². The molecule has 1 rings (SSSR count). The van der Waals surface area contributed by atoms with Gasteiger partial charge in [-0.2, -0.15) is 0 Å². The van der Waals surface area contributed by atoms with Crippen LogP contribution in [-0.2, 0) is 6.54 Å². The second-order valence-corrected chi connectivity index (χ2v) is 6.94. The maximum absolute atomic E-state index is 13.4. The third-order valence-corrected chi connectivity index (χ3v) is 3.00. The Labute approximate surface area is 122 Å². The van der Waals surface area contributed by atoms with Crippen molar-refractivity contribution in [1.29, 1.82) is 0 Å². The summed E-state index contributed by atoms with van der Waals surface area (Å²) >= 11 is 0. The minimum atomic E-state index is -0.213. The first-order valence-electron chi connectivity index (χ1n) is 7.40. The van der Waals surface area contributed by atoms with E-state index in [1.165, 1.54) is 6.07 Å². The summed E-state index contributed by atoms with van der Waals surface area (Å²) in [6.45, 7) is 13.1. The number of halogens is 1. The van der Waals surface area contributed by atoms with Crippen LogP contribution in [0.1, 0.15) is 46.6 Å². The standard InChI is InChI=1S/C17H28FNO/c1-13(2)11-19-12-14-10-15(18)6-7-16(14)20-9-8-17(3,4)5/h6-7,10,13,19H,8-9,11-12H2,1-5H3. The Morgan fingerprint density at radius 2 is 1.95 bits per heavy atom. The van der Waals surface area contributed by atoms with Gasteiger partial charge >= 0.3 is 0 Å². The molecule has 0 aliphatic carbocycles. The van der Waals surface area contributed by atoms with Crippen LogP contribution in [-0.4, -0.2) is 13.2 Å². The molecule has 1 N–H and O–H groups in total. The first kappa shape index (κ1) is 17.0. The molecule has 0 spiro atoms. The number of benzene rings is 1. The Kier molecular flexibility index (Phi) is 6.47. The summed E-state index contributed by atoms with van der Waals surface area (Å²) in [7, 11) is 0. The van der Waals surface area contributed by atoms with Gasteiger partial charge in [0.2, 0.25) is 0 Å². The van der Waals surface area contributed by atoms with Crippen molar-refractivity contribution in [1.82, 2.24) is 5.32 Å². The molecule has 0 saturated heterocycles. The van der Waals surface area contributed by atoms with Crippen LogP contribution < -0.4 is 10.1 Å². The number of ether oxygens (including phenoxy) is 1. The van der Waals surface area contributed by atoms with E-state index in [9.17, 15) is 4.39 Å². The summed E-state index contributed by atoms with van der Waals surface area (Å²) in [6.07, 6.45) is 0.975. The Hall–Kier alpha value is -1.09. The summed E-state index contributed by atoms with van der Waals surface area (Å²) in [4.78, 5) is 0. The fourth-order valence-electron chi connectivity index (χ4n) is 1.79. The number of hydrogen-bond acceptors (Lipinski definition) is 2. The monoisotopic (exact) mass is 281 g/mol. The summed E-state index contributed by atoms with van der Waals surface area (Å²) in [5.41, 5.74) is 1.13. The Morgan fingerprint density at radius 3 is 2.55 bits per heavy atom. The maximum Gasteiger partial charge on any atom is 0.123 e. The molecule has 1 aromatic carbocycles. The Balaban J connectivity index is 2.60.